The molecule has 9 aromatic carbocycles. The van der Waals surface area contributed by atoms with Crippen molar-refractivity contribution >= 4 is 38.6 Å². The van der Waals surface area contributed by atoms with Crippen molar-refractivity contribution in [3.05, 3.63) is 211 Å². The SMILES string of the molecule is CC1(C)c2ccccc2-c2ccc(N(c3ccccc3-c3ccc4ccccc4c3)c3ccc(-c4ccc(C56CC7CC(CC(C7)C5)C6)cc4)cc3-c3ccc4ccccc4c3)cc21. The second kappa shape index (κ2) is 14.4. The molecule has 0 saturated heterocycles. The fraction of sp³-hybridized carbons (Fsp3) is 0.206. The minimum absolute atomic E-state index is 0.140. The molecule has 9 aromatic rings. The van der Waals surface area contributed by atoms with Gasteiger partial charge in [-0.05, 0) is 176 Å². The van der Waals surface area contributed by atoms with E-state index in [9.17, 15) is 0 Å². The van der Waals surface area contributed by atoms with E-state index in [4.69, 9.17) is 0 Å². The Kier molecular flexibility index (Phi) is 8.52. The van der Waals surface area contributed by atoms with E-state index in [1.165, 1.54) is 116 Å². The highest BCUT2D eigenvalue weighted by Gasteiger charge is 2.51. The third kappa shape index (κ3) is 6.04. The van der Waals surface area contributed by atoms with Gasteiger partial charge in [-0.15, -0.1) is 0 Å². The molecule has 5 aliphatic rings. The van der Waals surface area contributed by atoms with E-state index in [1.807, 2.05) is 0 Å². The lowest BCUT2D eigenvalue weighted by Crippen LogP contribution is -2.48. The Labute approximate surface area is 378 Å². The first-order valence-corrected chi connectivity index (χ1v) is 23.7. The Morgan fingerprint density at radius 2 is 0.891 bits per heavy atom. The molecule has 0 spiro atoms. The summed E-state index contributed by atoms with van der Waals surface area (Å²) < 4.78 is 0. The molecule has 64 heavy (non-hydrogen) atoms. The molecule has 0 aliphatic heterocycles. The third-order valence-electron chi connectivity index (χ3n) is 16.2. The maximum absolute atomic E-state index is 2.55. The first kappa shape index (κ1) is 37.8. The number of fused-ring (bicyclic) bond motifs is 5. The number of hydrogen-bond acceptors (Lipinski definition) is 1. The number of nitrogens with zero attached hydrogens (tertiary/aromatic N) is 1. The quantitative estimate of drug-likeness (QED) is 0.155. The summed E-state index contributed by atoms with van der Waals surface area (Å²) in [6.07, 6.45) is 8.59. The highest BCUT2D eigenvalue weighted by molar-refractivity contribution is 5.99. The molecule has 1 heteroatoms. The number of benzene rings is 9. The van der Waals surface area contributed by atoms with Gasteiger partial charge >= 0.3 is 0 Å². The van der Waals surface area contributed by atoms with Gasteiger partial charge in [0.2, 0.25) is 0 Å². The van der Waals surface area contributed by atoms with Gasteiger partial charge in [0.25, 0.3) is 0 Å². The number of rotatable bonds is 7. The van der Waals surface area contributed by atoms with Crippen molar-refractivity contribution in [2.24, 2.45) is 17.8 Å². The molecule has 4 fully saturated rings. The average molecular weight is 824 g/mol. The molecule has 310 valence electrons. The van der Waals surface area contributed by atoms with E-state index >= 15 is 0 Å². The van der Waals surface area contributed by atoms with Gasteiger partial charge in [-0.25, -0.2) is 0 Å². The van der Waals surface area contributed by atoms with Gasteiger partial charge in [0.1, 0.15) is 0 Å². The van der Waals surface area contributed by atoms with Crippen LogP contribution in [0.25, 0.3) is 66.1 Å². The molecule has 4 bridgehead atoms. The van der Waals surface area contributed by atoms with Crippen LogP contribution in [0.5, 0.6) is 0 Å². The van der Waals surface area contributed by atoms with Crippen molar-refractivity contribution in [2.45, 2.75) is 63.2 Å². The summed E-state index contributed by atoms with van der Waals surface area (Å²) in [6, 6.07) is 73.7. The average Bonchev–Trinajstić information content (AvgIpc) is 3.56. The van der Waals surface area contributed by atoms with Gasteiger partial charge in [-0.2, -0.15) is 0 Å². The van der Waals surface area contributed by atoms with Crippen molar-refractivity contribution in [1.29, 1.82) is 0 Å². The van der Waals surface area contributed by atoms with Gasteiger partial charge in [0.05, 0.1) is 11.4 Å². The van der Waals surface area contributed by atoms with E-state index < -0.39 is 0 Å². The summed E-state index contributed by atoms with van der Waals surface area (Å²) in [4.78, 5) is 2.55. The topological polar surface area (TPSA) is 3.24 Å². The molecule has 1 nitrogen and oxygen atoms in total. The molecule has 0 unspecified atom stereocenters. The number of para-hydroxylation sites is 1. The van der Waals surface area contributed by atoms with Crippen LogP contribution in [0.15, 0.2) is 194 Å². The van der Waals surface area contributed by atoms with Crippen LogP contribution >= 0.6 is 0 Å². The first-order chi connectivity index (χ1) is 31.4. The lowest BCUT2D eigenvalue weighted by molar-refractivity contribution is -0.00518. The zero-order valence-corrected chi connectivity index (χ0v) is 36.9. The summed E-state index contributed by atoms with van der Waals surface area (Å²) in [5, 5.41) is 4.99. The first-order valence-electron chi connectivity index (χ1n) is 23.7. The normalized spacial score (nSPS) is 21.2. The third-order valence-corrected chi connectivity index (χ3v) is 16.2. The van der Waals surface area contributed by atoms with E-state index in [0.717, 1.165) is 34.8 Å². The smallest absolute Gasteiger partial charge is 0.0540 e. The molecule has 0 heterocycles. The molecular weight excluding hydrogens is 771 g/mol. The molecule has 0 radical (unpaired) electrons. The fourth-order valence-corrected chi connectivity index (χ4v) is 13.5. The van der Waals surface area contributed by atoms with Crippen LogP contribution in [0.4, 0.5) is 17.1 Å². The fourth-order valence-electron chi connectivity index (χ4n) is 13.5. The molecule has 0 N–H and O–H groups in total. The Bertz CT molecular complexity index is 3260. The van der Waals surface area contributed by atoms with E-state index in [2.05, 4.69) is 213 Å². The number of anilines is 3. The molecule has 4 saturated carbocycles. The zero-order valence-electron chi connectivity index (χ0n) is 36.9. The van der Waals surface area contributed by atoms with Crippen LogP contribution in [-0.4, -0.2) is 0 Å². The predicted molar refractivity (Wildman–Crippen MR) is 270 cm³/mol. The highest BCUT2D eigenvalue weighted by Crippen LogP contribution is 2.61. The van der Waals surface area contributed by atoms with Gasteiger partial charge in [0.15, 0.2) is 0 Å². The van der Waals surface area contributed by atoms with Crippen molar-refractivity contribution in [3.63, 3.8) is 0 Å². The predicted octanol–water partition coefficient (Wildman–Crippen LogP) is 17.2. The van der Waals surface area contributed by atoms with Crippen molar-refractivity contribution in [3.8, 4) is 44.5 Å². The second-order valence-corrected chi connectivity index (χ2v) is 20.4. The van der Waals surface area contributed by atoms with Crippen LogP contribution in [-0.2, 0) is 10.8 Å². The Balaban J connectivity index is 1.01. The minimum atomic E-state index is -0.140. The van der Waals surface area contributed by atoms with Gasteiger partial charge in [0, 0.05) is 22.2 Å². The van der Waals surface area contributed by atoms with Gasteiger partial charge < -0.3 is 4.90 Å². The van der Waals surface area contributed by atoms with E-state index in [-0.39, 0.29) is 5.41 Å². The van der Waals surface area contributed by atoms with Crippen LogP contribution < -0.4 is 4.90 Å². The van der Waals surface area contributed by atoms with Crippen molar-refractivity contribution in [1.82, 2.24) is 0 Å². The molecule has 14 rings (SSSR count). The van der Waals surface area contributed by atoms with Crippen molar-refractivity contribution in [2.75, 3.05) is 4.90 Å². The molecule has 0 atom stereocenters. The van der Waals surface area contributed by atoms with Crippen molar-refractivity contribution < 1.29 is 0 Å². The van der Waals surface area contributed by atoms with Crippen LogP contribution in [0.2, 0.25) is 0 Å². The summed E-state index contributed by atoms with van der Waals surface area (Å²) in [5.41, 5.74) is 18.1. The van der Waals surface area contributed by atoms with Crippen LogP contribution in [0.3, 0.4) is 0 Å². The lowest BCUT2D eigenvalue weighted by atomic mass is 9.48. The minimum Gasteiger partial charge on any atom is -0.309 e. The monoisotopic (exact) mass is 823 g/mol. The number of hydrogen-bond donors (Lipinski definition) is 0. The van der Waals surface area contributed by atoms with Gasteiger partial charge in [-0.1, -0.05) is 166 Å². The maximum atomic E-state index is 2.55. The summed E-state index contributed by atoms with van der Waals surface area (Å²) in [6.45, 7) is 4.77. The van der Waals surface area contributed by atoms with E-state index in [1.54, 1.807) is 5.56 Å². The largest absolute Gasteiger partial charge is 0.309 e. The zero-order chi connectivity index (χ0) is 42.6. The Hall–Kier alpha value is -6.70. The Morgan fingerprint density at radius 1 is 0.375 bits per heavy atom. The summed E-state index contributed by atoms with van der Waals surface area (Å²) in [7, 11) is 0. The molecule has 0 amide bonds. The second-order valence-electron chi connectivity index (χ2n) is 20.4. The van der Waals surface area contributed by atoms with Crippen LogP contribution in [0.1, 0.15) is 69.1 Å². The lowest BCUT2D eigenvalue weighted by Gasteiger charge is -2.57. The van der Waals surface area contributed by atoms with Crippen LogP contribution in [0, 0.1) is 17.8 Å². The van der Waals surface area contributed by atoms with E-state index in [0.29, 0.717) is 5.41 Å². The molecule has 5 aliphatic carbocycles. The molecule has 0 aromatic heterocycles. The van der Waals surface area contributed by atoms with Gasteiger partial charge in [-0.3, -0.25) is 0 Å². The highest BCUT2D eigenvalue weighted by atomic mass is 15.1. The summed E-state index contributed by atoms with van der Waals surface area (Å²) in [5.74, 6) is 2.80. The molecular formula is C63H53N. The maximum Gasteiger partial charge on any atom is 0.0540 e. The standard InChI is InChI=1S/C63H53N/c1-62(2)58-17-9-7-16-55(58)56-29-28-53(37-59(56)62)64(60-18-10-8-15-54(60)50-21-19-44-11-3-5-13-47(44)34-50)61-30-25-49(36-57(61)51-22-20-45-12-4-6-14-48(45)35-51)46-23-26-52(27-24-46)63-38-41-31-42(39-63)33-43(32-41)40-63/h3-30,34-37,41-43H,31-33,38-40H2,1-2H3. The summed E-state index contributed by atoms with van der Waals surface area (Å²) >= 11 is 0. The Morgan fingerprint density at radius 3 is 1.56 bits per heavy atom.